The summed E-state index contributed by atoms with van der Waals surface area (Å²) in [5, 5.41) is 5.97. The summed E-state index contributed by atoms with van der Waals surface area (Å²) in [4.78, 5) is 21.1. The molecule has 2 aromatic carbocycles. The molecular formula is C22H24N4O2. The van der Waals surface area contributed by atoms with Gasteiger partial charge in [0.15, 0.2) is 0 Å². The van der Waals surface area contributed by atoms with Gasteiger partial charge in [-0.3, -0.25) is 4.79 Å². The van der Waals surface area contributed by atoms with E-state index in [0.29, 0.717) is 23.9 Å². The summed E-state index contributed by atoms with van der Waals surface area (Å²) in [7, 11) is 0. The molecule has 1 heterocycles. The lowest BCUT2D eigenvalue weighted by Crippen LogP contribution is -2.16. The molecule has 28 heavy (non-hydrogen) atoms. The third kappa shape index (κ3) is 5.54. The number of aryl methyl sites for hydroxylation is 1. The van der Waals surface area contributed by atoms with Crippen LogP contribution in [-0.2, 0) is 6.61 Å². The van der Waals surface area contributed by atoms with Crippen LogP contribution < -0.4 is 15.4 Å². The topological polar surface area (TPSA) is 76.1 Å². The Bertz CT molecular complexity index is 912. The Morgan fingerprint density at radius 2 is 1.79 bits per heavy atom. The number of nitrogens with zero attached hydrogens (tertiary/aromatic N) is 2. The zero-order chi connectivity index (χ0) is 19.8. The van der Waals surface area contributed by atoms with E-state index in [1.54, 1.807) is 6.07 Å². The third-order valence-corrected chi connectivity index (χ3v) is 3.98. The summed E-state index contributed by atoms with van der Waals surface area (Å²) in [5.41, 5.74) is 2.85. The molecular weight excluding hydrogens is 352 g/mol. The molecule has 1 amide bonds. The van der Waals surface area contributed by atoms with Crippen LogP contribution in [0.3, 0.4) is 0 Å². The van der Waals surface area contributed by atoms with Crippen LogP contribution in [0.1, 0.15) is 35.1 Å². The van der Waals surface area contributed by atoms with Gasteiger partial charge in [-0.15, -0.1) is 0 Å². The molecule has 0 bridgehead atoms. The quantitative estimate of drug-likeness (QED) is 0.608. The molecule has 6 heteroatoms. The van der Waals surface area contributed by atoms with Gasteiger partial charge in [-0.2, -0.15) is 0 Å². The van der Waals surface area contributed by atoms with Gasteiger partial charge in [0.1, 0.15) is 18.1 Å². The first-order chi connectivity index (χ1) is 13.6. The van der Waals surface area contributed by atoms with E-state index in [1.165, 1.54) is 0 Å². The number of ether oxygens (including phenoxy) is 1. The highest BCUT2D eigenvalue weighted by Gasteiger charge is 2.11. The number of benzene rings is 2. The molecule has 1 aromatic heterocycles. The lowest BCUT2D eigenvalue weighted by Gasteiger charge is -2.10. The Hall–Kier alpha value is -3.41. The second-order valence-corrected chi connectivity index (χ2v) is 6.40. The molecule has 0 fully saturated rings. The Kier molecular flexibility index (Phi) is 6.57. The maximum absolute atomic E-state index is 12.5. The van der Waals surface area contributed by atoms with Gasteiger partial charge in [-0.1, -0.05) is 37.3 Å². The molecule has 3 aromatic rings. The maximum Gasteiger partial charge on any atom is 0.274 e. The first-order valence-electron chi connectivity index (χ1n) is 9.31. The summed E-state index contributed by atoms with van der Waals surface area (Å²) in [6.07, 6.45) is 0.956. The molecule has 0 aliphatic heterocycles. The number of nitrogens with one attached hydrogen (secondary N) is 2. The van der Waals surface area contributed by atoms with E-state index < -0.39 is 0 Å². The van der Waals surface area contributed by atoms with Crippen LogP contribution in [0.4, 0.5) is 11.6 Å². The molecule has 144 valence electrons. The fourth-order valence-electron chi connectivity index (χ4n) is 2.57. The minimum absolute atomic E-state index is 0.275. The number of carbonyl (C=O) groups is 1. The van der Waals surface area contributed by atoms with Crippen molar-refractivity contribution in [2.24, 2.45) is 0 Å². The van der Waals surface area contributed by atoms with Crippen LogP contribution >= 0.6 is 0 Å². The number of hydrogen-bond donors (Lipinski definition) is 2. The van der Waals surface area contributed by atoms with Gasteiger partial charge in [0.2, 0.25) is 5.95 Å². The second kappa shape index (κ2) is 9.50. The van der Waals surface area contributed by atoms with Gasteiger partial charge in [0.05, 0.1) is 0 Å². The van der Waals surface area contributed by atoms with E-state index in [2.05, 4.69) is 27.5 Å². The zero-order valence-electron chi connectivity index (χ0n) is 16.1. The minimum atomic E-state index is -0.275. The van der Waals surface area contributed by atoms with Crippen molar-refractivity contribution < 1.29 is 9.53 Å². The average Bonchev–Trinajstić information content (AvgIpc) is 2.72. The zero-order valence-corrected chi connectivity index (χ0v) is 16.1. The third-order valence-electron chi connectivity index (χ3n) is 3.98. The Morgan fingerprint density at radius 3 is 2.50 bits per heavy atom. The summed E-state index contributed by atoms with van der Waals surface area (Å²) in [6.45, 7) is 5.16. The second-order valence-electron chi connectivity index (χ2n) is 6.40. The normalized spacial score (nSPS) is 10.4. The fraction of sp³-hybridized carbons (Fsp3) is 0.227. The van der Waals surface area contributed by atoms with Gasteiger partial charge in [0.25, 0.3) is 5.91 Å². The van der Waals surface area contributed by atoms with Crippen molar-refractivity contribution in [2.75, 3.05) is 17.2 Å². The first-order valence-corrected chi connectivity index (χ1v) is 9.31. The van der Waals surface area contributed by atoms with Crippen molar-refractivity contribution >= 4 is 17.5 Å². The lowest BCUT2D eigenvalue weighted by molar-refractivity contribution is 0.102. The van der Waals surface area contributed by atoms with E-state index in [4.69, 9.17) is 4.74 Å². The molecule has 0 unspecified atom stereocenters. The van der Waals surface area contributed by atoms with Crippen LogP contribution in [0, 0.1) is 6.92 Å². The predicted molar refractivity (Wildman–Crippen MR) is 111 cm³/mol. The molecule has 6 nitrogen and oxygen atoms in total. The van der Waals surface area contributed by atoms with Crippen molar-refractivity contribution in [1.29, 1.82) is 0 Å². The van der Waals surface area contributed by atoms with Gasteiger partial charge in [-0.05, 0) is 49.2 Å². The number of anilines is 2. The molecule has 0 aliphatic rings. The Morgan fingerprint density at radius 1 is 1.04 bits per heavy atom. The Labute approximate surface area is 165 Å². The maximum atomic E-state index is 12.5. The molecule has 3 rings (SSSR count). The average molecular weight is 376 g/mol. The van der Waals surface area contributed by atoms with Crippen molar-refractivity contribution in [2.45, 2.75) is 26.9 Å². The predicted octanol–water partition coefficient (Wildman–Crippen LogP) is 4.44. The number of aromatic nitrogens is 2. The highest BCUT2D eigenvalue weighted by Crippen LogP contribution is 2.18. The molecule has 0 radical (unpaired) electrons. The molecule has 0 aliphatic carbocycles. The highest BCUT2D eigenvalue weighted by atomic mass is 16.5. The highest BCUT2D eigenvalue weighted by molar-refractivity contribution is 6.03. The summed E-state index contributed by atoms with van der Waals surface area (Å²) in [5.74, 6) is 0.936. The van der Waals surface area contributed by atoms with Crippen LogP contribution in [0.15, 0.2) is 60.7 Å². The van der Waals surface area contributed by atoms with E-state index >= 15 is 0 Å². The molecule has 0 spiro atoms. The summed E-state index contributed by atoms with van der Waals surface area (Å²) >= 11 is 0. The van der Waals surface area contributed by atoms with Gasteiger partial charge in [-0.25, -0.2) is 9.97 Å². The van der Waals surface area contributed by atoms with Crippen molar-refractivity contribution in [3.8, 4) is 5.75 Å². The molecule has 0 atom stereocenters. The largest absolute Gasteiger partial charge is 0.489 e. The standard InChI is InChI=1S/C22H24N4O2/c1-3-13-23-22-24-16(2)14-20(26-22)21(27)25-18-9-11-19(12-10-18)28-15-17-7-5-4-6-8-17/h4-12,14H,3,13,15H2,1-2H3,(H,25,27)(H,23,24,26). The number of rotatable bonds is 8. The lowest BCUT2D eigenvalue weighted by atomic mass is 10.2. The number of amides is 1. The number of hydrogen-bond acceptors (Lipinski definition) is 5. The van der Waals surface area contributed by atoms with Crippen molar-refractivity contribution in [3.63, 3.8) is 0 Å². The van der Waals surface area contributed by atoms with Crippen LogP contribution in [0.5, 0.6) is 5.75 Å². The SMILES string of the molecule is CCCNc1nc(C)cc(C(=O)Nc2ccc(OCc3ccccc3)cc2)n1. The van der Waals surface area contributed by atoms with E-state index in [0.717, 1.165) is 30.0 Å². The number of carbonyl (C=O) groups excluding carboxylic acids is 1. The van der Waals surface area contributed by atoms with E-state index in [-0.39, 0.29) is 5.91 Å². The van der Waals surface area contributed by atoms with Crippen molar-refractivity contribution in [1.82, 2.24) is 9.97 Å². The van der Waals surface area contributed by atoms with E-state index in [9.17, 15) is 4.79 Å². The summed E-state index contributed by atoms with van der Waals surface area (Å²) in [6, 6.07) is 18.9. The van der Waals surface area contributed by atoms with Gasteiger partial charge >= 0.3 is 0 Å². The van der Waals surface area contributed by atoms with Gasteiger partial charge in [0, 0.05) is 17.9 Å². The molecule has 0 saturated heterocycles. The first kappa shape index (κ1) is 19.4. The fourth-order valence-corrected chi connectivity index (χ4v) is 2.57. The van der Waals surface area contributed by atoms with Crippen molar-refractivity contribution in [3.05, 3.63) is 77.6 Å². The summed E-state index contributed by atoms with van der Waals surface area (Å²) < 4.78 is 5.76. The van der Waals surface area contributed by atoms with Crippen LogP contribution in [0.2, 0.25) is 0 Å². The smallest absolute Gasteiger partial charge is 0.274 e. The van der Waals surface area contributed by atoms with Gasteiger partial charge < -0.3 is 15.4 Å². The van der Waals surface area contributed by atoms with Crippen LogP contribution in [-0.4, -0.2) is 22.4 Å². The Balaban J connectivity index is 1.60. The minimum Gasteiger partial charge on any atom is -0.489 e. The van der Waals surface area contributed by atoms with Crippen LogP contribution in [0.25, 0.3) is 0 Å². The monoisotopic (exact) mass is 376 g/mol. The molecule has 2 N–H and O–H groups in total. The van der Waals surface area contributed by atoms with E-state index in [1.807, 2.05) is 61.5 Å². The molecule has 0 saturated carbocycles.